The van der Waals surface area contributed by atoms with Crippen LogP contribution in [0.1, 0.15) is 11.1 Å². The number of nitro groups is 1. The molecule has 2 aromatic rings. The van der Waals surface area contributed by atoms with Crippen molar-refractivity contribution in [3.63, 3.8) is 0 Å². The van der Waals surface area contributed by atoms with Crippen LogP contribution in [0.3, 0.4) is 0 Å². The van der Waals surface area contributed by atoms with E-state index in [2.05, 4.69) is 0 Å². The van der Waals surface area contributed by atoms with E-state index in [4.69, 9.17) is 15.1 Å². The summed E-state index contributed by atoms with van der Waals surface area (Å²) in [5.41, 5.74) is 0.684. The van der Waals surface area contributed by atoms with E-state index in [1.807, 2.05) is 12.1 Å². The topological polar surface area (TPSA) is 96.4 Å². The number of aliphatic hydroxyl groups is 1. The van der Waals surface area contributed by atoms with Gasteiger partial charge in [0.1, 0.15) is 23.1 Å². The molecule has 0 spiro atoms. The van der Waals surface area contributed by atoms with Gasteiger partial charge in [0.15, 0.2) is 0 Å². The monoisotopic (exact) mass is 284 g/mol. The summed E-state index contributed by atoms with van der Waals surface area (Å²) in [6, 6.07) is 12.9. The molecule has 6 nitrogen and oxygen atoms in total. The van der Waals surface area contributed by atoms with Crippen molar-refractivity contribution < 1.29 is 14.8 Å². The second-order valence-corrected chi connectivity index (χ2v) is 4.27. The summed E-state index contributed by atoms with van der Waals surface area (Å²) in [5.74, 6) is 0.904. The number of rotatable bonds is 5. The van der Waals surface area contributed by atoms with Gasteiger partial charge in [-0.25, -0.2) is 0 Å². The highest BCUT2D eigenvalue weighted by Crippen LogP contribution is 2.27. The van der Waals surface area contributed by atoms with Crippen LogP contribution in [-0.4, -0.2) is 16.6 Å². The highest BCUT2D eigenvalue weighted by Gasteiger charge is 2.14. The lowest BCUT2D eigenvalue weighted by Gasteiger charge is -2.07. The number of hydrogen-bond donors (Lipinski definition) is 1. The summed E-state index contributed by atoms with van der Waals surface area (Å²) in [6.07, 6.45) is 0.566. The molecule has 2 rings (SSSR count). The molecule has 0 aliphatic heterocycles. The summed E-state index contributed by atoms with van der Waals surface area (Å²) >= 11 is 0. The average molecular weight is 284 g/mol. The smallest absolute Gasteiger partial charge is 0.287 e. The van der Waals surface area contributed by atoms with E-state index in [9.17, 15) is 10.1 Å². The fourth-order valence-electron chi connectivity index (χ4n) is 1.82. The van der Waals surface area contributed by atoms with Gasteiger partial charge in [0.2, 0.25) is 0 Å². The lowest BCUT2D eigenvalue weighted by atomic mass is 10.1. The first-order valence-electron chi connectivity index (χ1n) is 6.20. The third-order valence-corrected chi connectivity index (χ3v) is 2.84. The number of nitro benzene ring substituents is 1. The fourth-order valence-corrected chi connectivity index (χ4v) is 1.82. The minimum atomic E-state index is -0.605. The van der Waals surface area contributed by atoms with Crippen LogP contribution in [0.15, 0.2) is 42.5 Å². The van der Waals surface area contributed by atoms with Gasteiger partial charge < -0.3 is 9.84 Å². The molecular weight excluding hydrogens is 272 g/mol. The van der Waals surface area contributed by atoms with E-state index in [1.165, 1.54) is 18.2 Å². The molecule has 1 N–H and O–H groups in total. The van der Waals surface area contributed by atoms with Gasteiger partial charge in [-0.05, 0) is 30.2 Å². The van der Waals surface area contributed by atoms with E-state index in [0.717, 1.165) is 5.56 Å². The first-order valence-corrected chi connectivity index (χ1v) is 6.20. The van der Waals surface area contributed by atoms with E-state index < -0.39 is 4.92 Å². The van der Waals surface area contributed by atoms with Crippen molar-refractivity contribution in [3.05, 3.63) is 63.7 Å². The number of nitrogens with zero attached hydrogens (tertiary/aromatic N) is 2. The highest BCUT2D eigenvalue weighted by molar-refractivity contribution is 5.52. The van der Waals surface area contributed by atoms with Crippen molar-refractivity contribution in [2.75, 3.05) is 6.61 Å². The quantitative estimate of drug-likeness (QED) is 0.672. The molecule has 0 radical (unpaired) electrons. The van der Waals surface area contributed by atoms with Gasteiger partial charge >= 0.3 is 0 Å². The minimum absolute atomic E-state index is 0.0469. The summed E-state index contributed by atoms with van der Waals surface area (Å²) < 4.78 is 5.55. The molecule has 0 bridgehead atoms. The fraction of sp³-hybridized carbons (Fsp3) is 0.133. The lowest BCUT2D eigenvalue weighted by molar-refractivity contribution is -0.385. The standard InChI is InChI=1S/C15H12N2O4/c16-10-12-9-14(5-6-15(12)17(19)20)21-13-3-1-11(2-4-13)7-8-18/h1-6,9,18H,7-8H2. The molecule has 0 fully saturated rings. The molecule has 0 aliphatic rings. The van der Waals surface area contributed by atoms with Crippen molar-refractivity contribution in [1.82, 2.24) is 0 Å². The van der Waals surface area contributed by atoms with E-state index in [1.54, 1.807) is 18.2 Å². The predicted octanol–water partition coefficient (Wildman–Crippen LogP) is 2.79. The molecule has 0 saturated heterocycles. The van der Waals surface area contributed by atoms with E-state index in [0.29, 0.717) is 17.9 Å². The molecule has 6 heteroatoms. The van der Waals surface area contributed by atoms with Crippen molar-refractivity contribution in [2.24, 2.45) is 0 Å². The summed E-state index contributed by atoms with van der Waals surface area (Å²) in [5, 5.41) is 28.5. The Morgan fingerprint density at radius 1 is 1.19 bits per heavy atom. The first-order chi connectivity index (χ1) is 10.1. The van der Waals surface area contributed by atoms with E-state index in [-0.39, 0.29) is 17.9 Å². The SMILES string of the molecule is N#Cc1cc(Oc2ccc(CCO)cc2)ccc1[N+](=O)[O-]. The van der Waals surface area contributed by atoms with Crippen LogP contribution < -0.4 is 4.74 Å². The maximum Gasteiger partial charge on any atom is 0.287 e. The van der Waals surface area contributed by atoms with Crippen LogP contribution in [0.2, 0.25) is 0 Å². The van der Waals surface area contributed by atoms with Crippen molar-refractivity contribution >= 4 is 5.69 Å². The molecular formula is C15H12N2O4. The molecule has 0 aliphatic carbocycles. The number of aliphatic hydroxyl groups excluding tert-OH is 1. The number of hydrogen-bond acceptors (Lipinski definition) is 5. The van der Waals surface area contributed by atoms with Gasteiger partial charge in [0.25, 0.3) is 5.69 Å². The summed E-state index contributed by atoms with van der Waals surface area (Å²) in [7, 11) is 0. The highest BCUT2D eigenvalue weighted by atomic mass is 16.6. The van der Waals surface area contributed by atoms with Gasteiger partial charge in [0.05, 0.1) is 4.92 Å². The summed E-state index contributed by atoms with van der Waals surface area (Å²) in [4.78, 5) is 10.1. The van der Waals surface area contributed by atoms with Gasteiger partial charge in [-0.3, -0.25) is 10.1 Å². The van der Waals surface area contributed by atoms with Crippen LogP contribution in [-0.2, 0) is 6.42 Å². The van der Waals surface area contributed by atoms with Crippen LogP contribution in [0.25, 0.3) is 0 Å². The first kappa shape index (κ1) is 14.5. The Bertz CT molecular complexity index is 690. The van der Waals surface area contributed by atoms with Crippen molar-refractivity contribution in [3.8, 4) is 17.6 Å². The van der Waals surface area contributed by atoms with Crippen LogP contribution >= 0.6 is 0 Å². The second-order valence-electron chi connectivity index (χ2n) is 4.27. The Balaban J connectivity index is 2.20. The minimum Gasteiger partial charge on any atom is -0.457 e. The summed E-state index contributed by atoms with van der Waals surface area (Å²) in [6.45, 7) is 0.0775. The molecule has 106 valence electrons. The zero-order valence-electron chi connectivity index (χ0n) is 11.0. The predicted molar refractivity (Wildman–Crippen MR) is 75.1 cm³/mol. The Morgan fingerprint density at radius 2 is 1.86 bits per heavy atom. The molecule has 0 saturated carbocycles. The number of nitriles is 1. The largest absolute Gasteiger partial charge is 0.457 e. The Morgan fingerprint density at radius 3 is 2.43 bits per heavy atom. The number of benzene rings is 2. The molecule has 0 aromatic heterocycles. The normalized spacial score (nSPS) is 9.90. The molecule has 2 aromatic carbocycles. The van der Waals surface area contributed by atoms with Crippen LogP contribution in [0.5, 0.6) is 11.5 Å². The van der Waals surface area contributed by atoms with Crippen molar-refractivity contribution in [2.45, 2.75) is 6.42 Å². The van der Waals surface area contributed by atoms with Gasteiger partial charge in [0, 0.05) is 18.7 Å². The Labute approximate surface area is 121 Å². The third kappa shape index (κ3) is 3.55. The van der Waals surface area contributed by atoms with Crippen molar-refractivity contribution in [1.29, 1.82) is 5.26 Å². The van der Waals surface area contributed by atoms with Crippen LogP contribution in [0, 0.1) is 21.4 Å². The molecule has 0 unspecified atom stereocenters. The molecule has 21 heavy (non-hydrogen) atoms. The molecule has 0 heterocycles. The van der Waals surface area contributed by atoms with Crippen LogP contribution in [0.4, 0.5) is 5.69 Å². The van der Waals surface area contributed by atoms with Gasteiger partial charge in [-0.2, -0.15) is 5.26 Å². The average Bonchev–Trinajstić information content (AvgIpc) is 2.49. The third-order valence-electron chi connectivity index (χ3n) is 2.84. The van der Waals surface area contributed by atoms with E-state index >= 15 is 0 Å². The molecule has 0 amide bonds. The zero-order chi connectivity index (χ0) is 15.2. The van der Waals surface area contributed by atoms with Gasteiger partial charge in [-0.1, -0.05) is 12.1 Å². The number of ether oxygens (including phenoxy) is 1. The Hall–Kier alpha value is -2.91. The Kier molecular flexibility index (Phi) is 4.49. The second kappa shape index (κ2) is 6.50. The molecule has 0 atom stereocenters. The zero-order valence-corrected chi connectivity index (χ0v) is 11.0. The van der Waals surface area contributed by atoms with Gasteiger partial charge in [-0.15, -0.1) is 0 Å². The lowest BCUT2D eigenvalue weighted by Crippen LogP contribution is -1.94. The maximum absolute atomic E-state index is 10.7. The maximum atomic E-state index is 10.7.